The Kier molecular flexibility index (Phi) is 3.59. The third kappa shape index (κ3) is 2.53. The number of amides is 1. The zero-order chi connectivity index (χ0) is 13.1. The van der Waals surface area contributed by atoms with Gasteiger partial charge in [0.15, 0.2) is 5.69 Å². The zero-order valence-corrected chi connectivity index (χ0v) is 11.3. The predicted molar refractivity (Wildman–Crippen MR) is 70.9 cm³/mol. The van der Waals surface area contributed by atoms with E-state index in [1.807, 2.05) is 17.0 Å². The number of rotatable bonds is 2. The molecule has 0 saturated carbocycles. The maximum atomic E-state index is 12.5. The Balaban J connectivity index is 1.88. The van der Waals surface area contributed by atoms with Crippen molar-refractivity contribution in [1.82, 2.24) is 13.6 Å². The lowest BCUT2D eigenvalue weighted by atomic mass is 10.1. The number of aromatic nitrogens is 2. The first-order valence-electron chi connectivity index (χ1n) is 6.48. The van der Waals surface area contributed by atoms with Gasteiger partial charge in [-0.1, -0.05) is 12.8 Å². The Morgan fingerprint density at radius 3 is 3.11 bits per heavy atom. The van der Waals surface area contributed by atoms with Gasteiger partial charge in [0, 0.05) is 6.54 Å². The number of hydrogen-bond donors (Lipinski definition) is 0. The summed E-state index contributed by atoms with van der Waals surface area (Å²) in [5, 5.41) is 0. The fourth-order valence-electron chi connectivity index (χ4n) is 2.53. The quantitative estimate of drug-likeness (QED) is 0.847. The molecule has 5 nitrogen and oxygen atoms in total. The minimum Gasteiger partial charge on any atom is -0.467 e. The van der Waals surface area contributed by atoms with E-state index < -0.39 is 0 Å². The lowest BCUT2D eigenvalue weighted by Crippen LogP contribution is -2.34. The molecule has 0 aromatic carbocycles. The van der Waals surface area contributed by atoms with Crippen molar-refractivity contribution in [2.75, 3.05) is 6.54 Å². The lowest BCUT2D eigenvalue weighted by molar-refractivity contribution is 0.0653. The summed E-state index contributed by atoms with van der Waals surface area (Å²) in [4.78, 5) is 14.4. The van der Waals surface area contributed by atoms with Crippen LogP contribution in [0.25, 0.3) is 0 Å². The van der Waals surface area contributed by atoms with Crippen molar-refractivity contribution in [2.45, 2.75) is 31.7 Å². The molecular weight excluding hydrogens is 262 g/mol. The molecule has 1 aliphatic heterocycles. The number of hydrogen-bond acceptors (Lipinski definition) is 5. The SMILES string of the molecule is O=C(c1cnsn1)N1CCCCCC1c1ccco1. The van der Waals surface area contributed by atoms with Gasteiger partial charge >= 0.3 is 0 Å². The van der Waals surface area contributed by atoms with Crippen LogP contribution in [0.1, 0.15) is 48.0 Å². The van der Waals surface area contributed by atoms with Crippen LogP contribution in [-0.4, -0.2) is 26.1 Å². The van der Waals surface area contributed by atoms with Crippen LogP contribution in [0.2, 0.25) is 0 Å². The van der Waals surface area contributed by atoms with Gasteiger partial charge < -0.3 is 9.32 Å². The van der Waals surface area contributed by atoms with Crippen molar-refractivity contribution in [3.8, 4) is 0 Å². The molecule has 0 radical (unpaired) electrons. The second kappa shape index (κ2) is 5.52. The molecule has 0 spiro atoms. The maximum Gasteiger partial charge on any atom is 0.275 e. The molecule has 2 aromatic rings. The molecule has 0 aliphatic carbocycles. The largest absolute Gasteiger partial charge is 0.467 e. The molecule has 0 N–H and O–H groups in total. The molecular formula is C13H15N3O2S. The summed E-state index contributed by atoms with van der Waals surface area (Å²) < 4.78 is 13.5. The standard InChI is InChI=1S/C13H15N3O2S/c17-13(10-9-14-19-15-10)16-7-3-1-2-5-11(16)12-6-4-8-18-12/h4,6,8-9,11H,1-3,5,7H2. The average Bonchev–Trinajstić information content (AvgIpc) is 3.08. The number of likely N-dealkylation sites (tertiary alicyclic amines) is 1. The Hall–Kier alpha value is -1.69. The van der Waals surface area contributed by atoms with Gasteiger partial charge in [-0.2, -0.15) is 8.75 Å². The van der Waals surface area contributed by atoms with Crippen molar-refractivity contribution < 1.29 is 9.21 Å². The fourth-order valence-corrected chi connectivity index (χ4v) is 2.94. The number of carbonyl (C=O) groups is 1. The number of carbonyl (C=O) groups excluding carboxylic acids is 1. The van der Waals surface area contributed by atoms with Crippen molar-refractivity contribution >= 4 is 17.6 Å². The highest BCUT2D eigenvalue weighted by Gasteiger charge is 2.30. The summed E-state index contributed by atoms with van der Waals surface area (Å²) in [6, 6.07) is 3.83. The molecule has 2 aromatic heterocycles. The van der Waals surface area contributed by atoms with Crippen LogP contribution in [0.3, 0.4) is 0 Å². The number of nitrogens with zero attached hydrogens (tertiary/aromatic N) is 3. The van der Waals surface area contributed by atoms with Crippen LogP contribution in [0.4, 0.5) is 0 Å². The third-order valence-corrected chi connectivity index (χ3v) is 3.94. The summed E-state index contributed by atoms with van der Waals surface area (Å²) in [7, 11) is 0. The first-order valence-corrected chi connectivity index (χ1v) is 7.21. The summed E-state index contributed by atoms with van der Waals surface area (Å²) in [6.07, 6.45) is 7.43. The molecule has 19 heavy (non-hydrogen) atoms. The highest BCUT2D eigenvalue weighted by Crippen LogP contribution is 2.31. The van der Waals surface area contributed by atoms with Crippen LogP contribution in [0.15, 0.2) is 29.0 Å². The number of furan rings is 1. The molecule has 1 unspecified atom stereocenters. The van der Waals surface area contributed by atoms with Gasteiger partial charge in [-0.05, 0) is 25.0 Å². The smallest absolute Gasteiger partial charge is 0.275 e. The van der Waals surface area contributed by atoms with Crippen LogP contribution < -0.4 is 0 Å². The Bertz CT molecular complexity index is 524. The van der Waals surface area contributed by atoms with E-state index in [1.54, 1.807) is 6.26 Å². The van der Waals surface area contributed by atoms with Gasteiger partial charge in [-0.3, -0.25) is 4.79 Å². The van der Waals surface area contributed by atoms with E-state index in [2.05, 4.69) is 8.75 Å². The molecule has 1 atom stereocenters. The summed E-state index contributed by atoms with van der Waals surface area (Å²) in [6.45, 7) is 0.752. The highest BCUT2D eigenvalue weighted by atomic mass is 32.1. The summed E-state index contributed by atoms with van der Waals surface area (Å²) in [5.74, 6) is 0.815. The molecule has 3 rings (SSSR count). The van der Waals surface area contributed by atoms with Crippen LogP contribution in [-0.2, 0) is 0 Å². The fraction of sp³-hybridized carbons (Fsp3) is 0.462. The third-order valence-electron chi connectivity index (χ3n) is 3.47. The predicted octanol–water partition coefficient (Wildman–Crippen LogP) is 2.89. The van der Waals surface area contributed by atoms with E-state index in [4.69, 9.17) is 4.42 Å². The Morgan fingerprint density at radius 2 is 2.37 bits per heavy atom. The van der Waals surface area contributed by atoms with Gasteiger partial charge in [0.1, 0.15) is 5.76 Å². The molecule has 1 amide bonds. The molecule has 0 bridgehead atoms. The normalized spacial score (nSPS) is 20.2. The first-order chi connectivity index (χ1) is 9.36. The van der Waals surface area contributed by atoms with Crippen LogP contribution >= 0.6 is 11.7 Å². The van der Waals surface area contributed by atoms with E-state index in [-0.39, 0.29) is 11.9 Å². The minimum absolute atomic E-state index is 0.0201. The van der Waals surface area contributed by atoms with Crippen LogP contribution in [0.5, 0.6) is 0 Å². The summed E-state index contributed by atoms with van der Waals surface area (Å²) >= 11 is 1.06. The average molecular weight is 277 g/mol. The Labute approximate surface area is 115 Å². The second-order valence-electron chi connectivity index (χ2n) is 4.67. The van der Waals surface area contributed by atoms with Gasteiger partial charge in [0.2, 0.25) is 0 Å². The summed E-state index contributed by atoms with van der Waals surface area (Å²) in [5.41, 5.74) is 0.434. The van der Waals surface area contributed by atoms with Crippen molar-refractivity contribution in [1.29, 1.82) is 0 Å². The Morgan fingerprint density at radius 1 is 1.42 bits per heavy atom. The van der Waals surface area contributed by atoms with Crippen molar-refractivity contribution in [3.63, 3.8) is 0 Å². The van der Waals surface area contributed by atoms with E-state index in [1.165, 1.54) is 6.20 Å². The molecule has 100 valence electrons. The zero-order valence-electron chi connectivity index (χ0n) is 10.5. The molecule has 6 heteroatoms. The van der Waals surface area contributed by atoms with Gasteiger partial charge in [0.25, 0.3) is 5.91 Å². The second-order valence-corrected chi connectivity index (χ2v) is 5.23. The lowest BCUT2D eigenvalue weighted by Gasteiger charge is -2.27. The van der Waals surface area contributed by atoms with E-state index in [0.29, 0.717) is 5.69 Å². The van der Waals surface area contributed by atoms with E-state index >= 15 is 0 Å². The van der Waals surface area contributed by atoms with Crippen LogP contribution in [0, 0.1) is 0 Å². The van der Waals surface area contributed by atoms with Gasteiger partial charge in [0.05, 0.1) is 30.2 Å². The highest BCUT2D eigenvalue weighted by molar-refractivity contribution is 6.99. The van der Waals surface area contributed by atoms with Gasteiger partial charge in [-0.25, -0.2) is 0 Å². The van der Waals surface area contributed by atoms with Crippen molar-refractivity contribution in [3.05, 3.63) is 36.0 Å². The van der Waals surface area contributed by atoms with Gasteiger partial charge in [-0.15, -0.1) is 0 Å². The molecule has 3 heterocycles. The maximum absolute atomic E-state index is 12.5. The molecule has 1 saturated heterocycles. The minimum atomic E-state index is -0.0444. The molecule has 1 fully saturated rings. The molecule has 1 aliphatic rings. The van der Waals surface area contributed by atoms with E-state index in [0.717, 1.165) is 49.7 Å². The van der Waals surface area contributed by atoms with E-state index in [9.17, 15) is 4.79 Å². The topological polar surface area (TPSA) is 59.2 Å². The first kappa shape index (κ1) is 12.3. The monoisotopic (exact) mass is 277 g/mol. The van der Waals surface area contributed by atoms with Crippen molar-refractivity contribution in [2.24, 2.45) is 0 Å².